The number of nitrogens with one attached hydrogen (secondary N) is 2. The van der Waals surface area contributed by atoms with Crippen molar-refractivity contribution in [1.82, 2.24) is 10.6 Å². The van der Waals surface area contributed by atoms with Gasteiger partial charge in [-0.2, -0.15) is 0 Å². The van der Waals surface area contributed by atoms with Crippen molar-refractivity contribution in [3.8, 4) is 0 Å². The summed E-state index contributed by atoms with van der Waals surface area (Å²) in [6.07, 6.45) is 1.60. The standard InChI is InChI=1S/C15H29N3O.HI/c1-6-16-14(17-9-10(2)3)18-12-11-7-8-19-13(11)15(12,4)5;/h10-13H,6-9H2,1-5H3,(H2,16,17,18);1H. The van der Waals surface area contributed by atoms with Gasteiger partial charge in [-0.3, -0.25) is 4.99 Å². The third kappa shape index (κ3) is 3.59. The molecular weight excluding hydrogens is 365 g/mol. The van der Waals surface area contributed by atoms with Gasteiger partial charge in [0.1, 0.15) is 0 Å². The zero-order chi connectivity index (χ0) is 14.0. The molecule has 1 aliphatic heterocycles. The van der Waals surface area contributed by atoms with Gasteiger partial charge in [0.15, 0.2) is 5.96 Å². The highest BCUT2D eigenvalue weighted by atomic mass is 127. The van der Waals surface area contributed by atoms with Crippen molar-refractivity contribution < 1.29 is 4.74 Å². The molecule has 2 rings (SSSR count). The summed E-state index contributed by atoms with van der Waals surface area (Å²) in [7, 11) is 0. The van der Waals surface area contributed by atoms with Crippen molar-refractivity contribution >= 4 is 29.9 Å². The lowest BCUT2D eigenvalue weighted by Crippen LogP contribution is -2.68. The van der Waals surface area contributed by atoms with Crippen LogP contribution in [0, 0.1) is 17.3 Å². The van der Waals surface area contributed by atoms with Crippen molar-refractivity contribution in [2.45, 2.75) is 53.2 Å². The Morgan fingerprint density at radius 1 is 1.40 bits per heavy atom. The molecule has 2 N–H and O–H groups in total. The third-order valence-corrected chi connectivity index (χ3v) is 4.35. The number of ether oxygens (including phenoxy) is 1. The van der Waals surface area contributed by atoms with E-state index in [0.717, 1.165) is 25.7 Å². The lowest BCUT2D eigenvalue weighted by Gasteiger charge is -2.54. The van der Waals surface area contributed by atoms with Crippen LogP contribution in [0.25, 0.3) is 0 Å². The fraction of sp³-hybridized carbons (Fsp3) is 0.933. The summed E-state index contributed by atoms with van der Waals surface area (Å²) in [6.45, 7) is 13.8. The SMILES string of the molecule is CCNC(=NCC(C)C)NC1C2CCOC2C1(C)C.I. The van der Waals surface area contributed by atoms with Gasteiger partial charge in [-0.15, -0.1) is 24.0 Å². The summed E-state index contributed by atoms with van der Waals surface area (Å²) in [5, 5.41) is 6.98. The Morgan fingerprint density at radius 3 is 2.70 bits per heavy atom. The average molecular weight is 395 g/mol. The molecule has 0 spiro atoms. The van der Waals surface area contributed by atoms with Gasteiger partial charge in [0.05, 0.1) is 6.10 Å². The molecule has 0 amide bonds. The predicted molar refractivity (Wildman–Crippen MR) is 94.8 cm³/mol. The summed E-state index contributed by atoms with van der Waals surface area (Å²) in [5.41, 5.74) is 0.204. The van der Waals surface area contributed by atoms with E-state index in [1.54, 1.807) is 0 Å². The molecule has 20 heavy (non-hydrogen) atoms. The molecule has 0 radical (unpaired) electrons. The van der Waals surface area contributed by atoms with Crippen LogP contribution >= 0.6 is 24.0 Å². The second-order valence-corrected chi connectivity index (χ2v) is 6.80. The Kier molecular flexibility index (Phi) is 6.57. The first kappa shape index (κ1) is 18.0. The minimum atomic E-state index is 0. The molecule has 0 aromatic heterocycles. The second-order valence-electron chi connectivity index (χ2n) is 6.80. The molecule has 2 fully saturated rings. The summed E-state index contributed by atoms with van der Waals surface area (Å²) in [6, 6.07) is 0.477. The molecule has 0 aromatic rings. The van der Waals surface area contributed by atoms with E-state index in [0.29, 0.717) is 24.0 Å². The number of nitrogens with zero attached hydrogens (tertiary/aromatic N) is 1. The maximum Gasteiger partial charge on any atom is 0.191 e. The molecule has 3 unspecified atom stereocenters. The average Bonchev–Trinajstić information content (AvgIpc) is 2.79. The largest absolute Gasteiger partial charge is 0.377 e. The van der Waals surface area contributed by atoms with Crippen LogP contribution in [0.15, 0.2) is 4.99 Å². The van der Waals surface area contributed by atoms with E-state index < -0.39 is 0 Å². The zero-order valence-corrected chi connectivity index (χ0v) is 15.7. The van der Waals surface area contributed by atoms with Gasteiger partial charge < -0.3 is 15.4 Å². The Labute approximate surface area is 140 Å². The first-order valence-corrected chi connectivity index (χ1v) is 7.63. The topological polar surface area (TPSA) is 45.7 Å². The van der Waals surface area contributed by atoms with Crippen molar-refractivity contribution in [2.75, 3.05) is 19.7 Å². The van der Waals surface area contributed by atoms with Crippen LogP contribution in [0.4, 0.5) is 0 Å². The van der Waals surface area contributed by atoms with Gasteiger partial charge in [0.25, 0.3) is 0 Å². The van der Waals surface area contributed by atoms with Crippen LogP contribution in [0.5, 0.6) is 0 Å². The van der Waals surface area contributed by atoms with E-state index in [1.807, 2.05) is 0 Å². The quantitative estimate of drug-likeness (QED) is 0.437. The highest BCUT2D eigenvalue weighted by Crippen LogP contribution is 2.52. The summed E-state index contributed by atoms with van der Waals surface area (Å²) in [5.74, 6) is 2.20. The van der Waals surface area contributed by atoms with Gasteiger partial charge in [-0.05, 0) is 19.3 Å². The van der Waals surface area contributed by atoms with E-state index in [1.165, 1.54) is 6.42 Å². The molecule has 0 bridgehead atoms. The molecule has 4 nitrogen and oxygen atoms in total. The fourth-order valence-corrected chi connectivity index (χ4v) is 3.36. The van der Waals surface area contributed by atoms with Gasteiger partial charge in [0.2, 0.25) is 0 Å². The highest BCUT2D eigenvalue weighted by Gasteiger charge is 2.59. The minimum absolute atomic E-state index is 0. The van der Waals surface area contributed by atoms with Crippen LogP contribution in [0.1, 0.15) is 41.0 Å². The monoisotopic (exact) mass is 395 g/mol. The van der Waals surface area contributed by atoms with E-state index in [-0.39, 0.29) is 29.4 Å². The van der Waals surface area contributed by atoms with Gasteiger partial charge >= 0.3 is 0 Å². The Hall–Kier alpha value is -0.0400. The molecule has 0 aromatic carbocycles. The van der Waals surface area contributed by atoms with Crippen LogP contribution in [-0.4, -0.2) is 37.8 Å². The molecule has 5 heteroatoms. The lowest BCUT2D eigenvalue weighted by molar-refractivity contribution is -0.106. The molecule has 1 saturated heterocycles. The first-order chi connectivity index (χ1) is 8.96. The molecule has 1 aliphatic carbocycles. The predicted octanol–water partition coefficient (Wildman–Crippen LogP) is 2.63. The smallest absolute Gasteiger partial charge is 0.191 e. The fourth-order valence-electron chi connectivity index (χ4n) is 3.36. The number of fused-ring (bicyclic) bond motifs is 1. The van der Waals surface area contributed by atoms with Crippen LogP contribution in [-0.2, 0) is 4.74 Å². The Balaban J connectivity index is 0.00000200. The molecule has 118 valence electrons. The summed E-state index contributed by atoms with van der Waals surface area (Å²) < 4.78 is 5.84. The lowest BCUT2D eigenvalue weighted by atomic mass is 9.57. The van der Waals surface area contributed by atoms with Gasteiger partial charge in [0, 0.05) is 37.1 Å². The number of halogens is 1. The first-order valence-electron chi connectivity index (χ1n) is 7.63. The Morgan fingerprint density at radius 2 is 2.10 bits per heavy atom. The number of rotatable bonds is 4. The van der Waals surface area contributed by atoms with E-state index >= 15 is 0 Å². The molecule has 1 saturated carbocycles. The van der Waals surface area contributed by atoms with Gasteiger partial charge in [-0.25, -0.2) is 0 Å². The van der Waals surface area contributed by atoms with Crippen LogP contribution < -0.4 is 10.6 Å². The molecule has 3 atom stereocenters. The van der Waals surface area contributed by atoms with Crippen LogP contribution in [0.2, 0.25) is 0 Å². The van der Waals surface area contributed by atoms with E-state index in [2.05, 4.69) is 50.2 Å². The molecular formula is C15H30IN3O. The number of guanidine groups is 1. The zero-order valence-electron chi connectivity index (χ0n) is 13.4. The number of hydrogen-bond acceptors (Lipinski definition) is 2. The number of aliphatic imine (C=N–C) groups is 1. The van der Waals surface area contributed by atoms with Gasteiger partial charge in [-0.1, -0.05) is 27.7 Å². The van der Waals surface area contributed by atoms with Crippen molar-refractivity contribution in [1.29, 1.82) is 0 Å². The second kappa shape index (κ2) is 7.29. The van der Waals surface area contributed by atoms with E-state index in [9.17, 15) is 0 Å². The number of hydrogen-bond donors (Lipinski definition) is 2. The maximum absolute atomic E-state index is 5.84. The maximum atomic E-state index is 5.84. The van der Waals surface area contributed by atoms with Crippen molar-refractivity contribution in [3.63, 3.8) is 0 Å². The summed E-state index contributed by atoms with van der Waals surface area (Å²) in [4.78, 5) is 4.67. The highest BCUT2D eigenvalue weighted by molar-refractivity contribution is 14.0. The van der Waals surface area contributed by atoms with Crippen LogP contribution in [0.3, 0.4) is 0 Å². The van der Waals surface area contributed by atoms with Crippen molar-refractivity contribution in [2.24, 2.45) is 22.2 Å². The summed E-state index contributed by atoms with van der Waals surface area (Å²) >= 11 is 0. The molecule has 2 aliphatic rings. The van der Waals surface area contributed by atoms with Crippen molar-refractivity contribution in [3.05, 3.63) is 0 Å². The third-order valence-electron chi connectivity index (χ3n) is 4.35. The molecule has 1 heterocycles. The normalized spacial score (nSPS) is 31.3. The Bertz CT molecular complexity index is 344. The minimum Gasteiger partial charge on any atom is -0.377 e. The van der Waals surface area contributed by atoms with E-state index in [4.69, 9.17) is 4.74 Å².